The highest BCUT2D eigenvalue weighted by Crippen LogP contribution is 2.03. The molecular formula is C7H3IN. The van der Waals surface area contributed by atoms with E-state index in [-0.39, 0.29) is 0 Å². The molecule has 0 aliphatic carbocycles. The molecule has 0 aliphatic heterocycles. The summed E-state index contributed by atoms with van der Waals surface area (Å²) in [7, 11) is 0. The fraction of sp³-hybridized carbons (Fsp3) is 0. The van der Waals surface area contributed by atoms with Crippen LogP contribution in [0.15, 0.2) is 18.2 Å². The lowest BCUT2D eigenvalue weighted by molar-refractivity contribution is 1.47. The van der Waals surface area contributed by atoms with E-state index in [1.807, 2.05) is 12.1 Å². The number of nitriles is 1. The third-order valence-electron chi connectivity index (χ3n) is 0.904. The zero-order valence-corrected chi connectivity index (χ0v) is 6.71. The third-order valence-corrected chi connectivity index (χ3v) is 1.57. The summed E-state index contributed by atoms with van der Waals surface area (Å²) in [4.78, 5) is 0. The molecule has 1 aromatic rings. The average Bonchev–Trinajstić information content (AvgIpc) is 1.90. The van der Waals surface area contributed by atoms with E-state index in [4.69, 9.17) is 5.26 Å². The highest BCUT2D eigenvalue weighted by atomic mass is 127. The van der Waals surface area contributed by atoms with Crippen molar-refractivity contribution < 1.29 is 0 Å². The predicted molar refractivity (Wildman–Crippen MR) is 42.7 cm³/mol. The van der Waals surface area contributed by atoms with Gasteiger partial charge in [-0.3, -0.25) is 0 Å². The normalized spacial score (nSPS) is 8.44. The molecule has 0 saturated carbocycles. The predicted octanol–water partition coefficient (Wildman–Crippen LogP) is 1.96. The van der Waals surface area contributed by atoms with Crippen molar-refractivity contribution in [2.45, 2.75) is 0 Å². The zero-order chi connectivity index (χ0) is 6.69. The standard InChI is InChI=1S/C7H3IN/c8-7-3-1-6(5-9)2-4-7/h1-3H. The van der Waals surface area contributed by atoms with Gasteiger partial charge in [0.15, 0.2) is 0 Å². The average molecular weight is 228 g/mol. The van der Waals surface area contributed by atoms with Crippen molar-refractivity contribution in [2.75, 3.05) is 0 Å². The fourth-order valence-corrected chi connectivity index (χ4v) is 0.811. The minimum absolute atomic E-state index is 0.662. The molecule has 0 N–H and O–H groups in total. The molecule has 1 radical (unpaired) electrons. The van der Waals surface area contributed by atoms with E-state index in [9.17, 15) is 0 Å². The molecule has 0 fully saturated rings. The molecule has 0 aromatic heterocycles. The van der Waals surface area contributed by atoms with E-state index < -0.39 is 0 Å². The maximum atomic E-state index is 8.36. The van der Waals surface area contributed by atoms with E-state index in [1.165, 1.54) is 0 Å². The molecule has 2 heteroatoms. The first-order chi connectivity index (χ1) is 4.33. The number of nitrogens with zero attached hydrogens (tertiary/aromatic N) is 1. The molecule has 9 heavy (non-hydrogen) atoms. The Morgan fingerprint density at radius 1 is 1.56 bits per heavy atom. The summed E-state index contributed by atoms with van der Waals surface area (Å²) < 4.78 is 1.03. The summed E-state index contributed by atoms with van der Waals surface area (Å²) in [6.45, 7) is 0. The van der Waals surface area contributed by atoms with Crippen LogP contribution in [0.4, 0.5) is 0 Å². The second-order valence-corrected chi connectivity index (χ2v) is 2.70. The largest absolute Gasteiger partial charge is 0.192 e. The van der Waals surface area contributed by atoms with Gasteiger partial charge >= 0.3 is 0 Å². The van der Waals surface area contributed by atoms with Gasteiger partial charge in [-0.1, -0.05) is 0 Å². The number of benzene rings is 1. The van der Waals surface area contributed by atoms with Crippen LogP contribution in [0.2, 0.25) is 0 Å². The molecule has 0 aliphatic rings. The van der Waals surface area contributed by atoms with Crippen LogP contribution in [0, 0.1) is 21.0 Å². The zero-order valence-electron chi connectivity index (χ0n) is 4.56. The highest BCUT2D eigenvalue weighted by molar-refractivity contribution is 14.1. The molecule has 0 atom stereocenters. The van der Waals surface area contributed by atoms with Gasteiger partial charge in [0.2, 0.25) is 0 Å². The Bertz CT molecular complexity index is 232. The number of rotatable bonds is 0. The number of hydrogen-bond acceptors (Lipinski definition) is 1. The smallest absolute Gasteiger partial charge is 0.0991 e. The molecule has 43 valence electrons. The Morgan fingerprint density at radius 2 is 2.33 bits per heavy atom. The van der Waals surface area contributed by atoms with Crippen LogP contribution in [0.1, 0.15) is 5.56 Å². The van der Waals surface area contributed by atoms with E-state index in [2.05, 4.69) is 28.7 Å². The summed E-state index contributed by atoms with van der Waals surface area (Å²) in [5.74, 6) is 0. The minimum Gasteiger partial charge on any atom is -0.192 e. The summed E-state index contributed by atoms with van der Waals surface area (Å²) in [5, 5.41) is 8.36. The van der Waals surface area contributed by atoms with Crippen molar-refractivity contribution >= 4 is 22.6 Å². The van der Waals surface area contributed by atoms with Gasteiger partial charge in [0.25, 0.3) is 0 Å². The molecule has 1 nitrogen and oxygen atoms in total. The van der Waals surface area contributed by atoms with E-state index >= 15 is 0 Å². The second kappa shape index (κ2) is 2.83. The van der Waals surface area contributed by atoms with Gasteiger partial charge in [0.1, 0.15) is 0 Å². The molecule has 1 aromatic carbocycles. The molecule has 0 amide bonds. The fourth-order valence-electron chi connectivity index (χ4n) is 0.475. The van der Waals surface area contributed by atoms with Crippen LogP contribution in [0.5, 0.6) is 0 Å². The molecule has 1 rings (SSSR count). The number of halogens is 1. The van der Waals surface area contributed by atoms with Crippen molar-refractivity contribution in [1.29, 1.82) is 5.26 Å². The van der Waals surface area contributed by atoms with Crippen molar-refractivity contribution in [3.8, 4) is 6.07 Å². The van der Waals surface area contributed by atoms with Gasteiger partial charge in [-0.15, -0.1) is 0 Å². The topological polar surface area (TPSA) is 23.8 Å². The van der Waals surface area contributed by atoms with Gasteiger partial charge in [-0.05, 0) is 46.9 Å². The maximum Gasteiger partial charge on any atom is 0.0991 e. The summed E-state index contributed by atoms with van der Waals surface area (Å²) in [5.41, 5.74) is 0.662. The highest BCUT2D eigenvalue weighted by Gasteiger charge is 1.86. The molecule has 0 saturated heterocycles. The van der Waals surface area contributed by atoms with Crippen LogP contribution in [-0.2, 0) is 0 Å². The van der Waals surface area contributed by atoms with Crippen LogP contribution in [-0.4, -0.2) is 0 Å². The quantitative estimate of drug-likeness (QED) is 0.622. The van der Waals surface area contributed by atoms with Crippen LogP contribution in [0.3, 0.4) is 0 Å². The number of hydrogen-bond donors (Lipinski definition) is 0. The monoisotopic (exact) mass is 228 g/mol. The lowest BCUT2D eigenvalue weighted by Gasteiger charge is -1.85. The molecule has 0 spiro atoms. The van der Waals surface area contributed by atoms with E-state index in [0.29, 0.717) is 5.56 Å². The Labute approximate surface area is 67.5 Å². The Kier molecular flexibility index (Phi) is 2.06. The van der Waals surface area contributed by atoms with Gasteiger partial charge in [-0.2, -0.15) is 5.26 Å². The maximum absolute atomic E-state index is 8.36. The molecule has 0 heterocycles. The van der Waals surface area contributed by atoms with Crippen molar-refractivity contribution in [3.05, 3.63) is 33.4 Å². The summed E-state index contributed by atoms with van der Waals surface area (Å²) in [6, 6.07) is 10.3. The molecule has 0 bridgehead atoms. The summed E-state index contributed by atoms with van der Waals surface area (Å²) in [6.07, 6.45) is 0. The van der Waals surface area contributed by atoms with E-state index in [1.54, 1.807) is 12.1 Å². The molecule has 0 unspecified atom stereocenters. The van der Waals surface area contributed by atoms with E-state index in [0.717, 1.165) is 3.57 Å². The van der Waals surface area contributed by atoms with Crippen LogP contribution >= 0.6 is 22.6 Å². The summed E-state index contributed by atoms with van der Waals surface area (Å²) >= 11 is 2.15. The first-order valence-corrected chi connectivity index (χ1v) is 3.48. The lowest BCUT2D eigenvalue weighted by Crippen LogP contribution is -1.72. The Morgan fingerprint density at radius 3 is 2.78 bits per heavy atom. The van der Waals surface area contributed by atoms with Gasteiger partial charge in [0, 0.05) is 3.57 Å². The Hall–Kier alpha value is -0.560. The second-order valence-electron chi connectivity index (χ2n) is 1.54. The van der Waals surface area contributed by atoms with Crippen molar-refractivity contribution in [3.63, 3.8) is 0 Å². The Balaban J connectivity index is 3.06. The SMILES string of the molecule is N#Cc1c[c]c(I)cc1. The van der Waals surface area contributed by atoms with Crippen LogP contribution in [0.25, 0.3) is 0 Å². The third kappa shape index (κ3) is 1.68. The van der Waals surface area contributed by atoms with Crippen molar-refractivity contribution in [2.24, 2.45) is 0 Å². The van der Waals surface area contributed by atoms with Gasteiger partial charge in [-0.25, -0.2) is 0 Å². The van der Waals surface area contributed by atoms with Crippen LogP contribution < -0.4 is 0 Å². The van der Waals surface area contributed by atoms with Gasteiger partial charge in [0.05, 0.1) is 11.6 Å². The first kappa shape index (κ1) is 6.56. The minimum atomic E-state index is 0.662. The molecular weight excluding hydrogens is 225 g/mol. The first-order valence-electron chi connectivity index (χ1n) is 2.40. The van der Waals surface area contributed by atoms with Gasteiger partial charge < -0.3 is 0 Å². The lowest BCUT2D eigenvalue weighted by atomic mass is 10.2. The van der Waals surface area contributed by atoms with Crippen molar-refractivity contribution in [1.82, 2.24) is 0 Å².